The molecule has 1 N–H and O–H groups in total. The van der Waals surface area contributed by atoms with Gasteiger partial charge in [0.1, 0.15) is 0 Å². The van der Waals surface area contributed by atoms with E-state index in [9.17, 15) is 0 Å². The first kappa shape index (κ1) is 8.92. The van der Waals surface area contributed by atoms with E-state index in [-0.39, 0.29) is 22.4 Å². The fourth-order valence-corrected chi connectivity index (χ4v) is 2.73. The predicted octanol–water partition coefficient (Wildman–Crippen LogP) is 0.155. The maximum absolute atomic E-state index is 8.69. The van der Waals surface area contributed by atoms with Crippen molar-refractivity contribution in [3.63, 3.8) is 0 Å². The number of rotatable bonds is 3. The first-order chi connectivity index (χ1) is 6.40. The van der Waals surface area contributed by atoms with E-state index < -0.39 is 0 Å². The molecule has 4 heteroatoms. The molecule has 3 nitrogen and oxygen atoms in total. The van der Waals surface area contributed by atoms with E-state index in [1.807, 2.05) is 18.2 Å². The molecular weight excluding hydrogens is 231 g/mol. The van der Waals surface area contributed by atoms with Crippen molar-refractivity contribution < 1.29 is 14.6 Å². The van der Waals surface area contributed by atoms with Crippen LogP contribution in [0.15, 0.2) is 18.2 Å². The first-order valence-corrected chi connectivity index (χ1v) is 6.34. The van der Waals surface area contributed by atoms with Crippen molar-refractivity contribution in [3.05, 3.63) is 18.2 Å². The molecule has 1 aromatic carbocycles. The van der Waals surface area contributed by atoms with E-state index in [1.165, 1.54) is 4.35 Å². The average Bonchev–Trinajstić information content (AvgIpc) is 2.61. The van der Waals surface area contributed by atoms with Gasteiger partial charge in [0.15, 0.2) is 0 Å². The molecule has 1 heterocycles. The van der Waals surface area contributed by atoms with E-state index in [0.717, 1.165) is 16.7 Å². The zero-order valence-corrected chi connectivity index (χ0v) is 8.94. The van der Waals surface area contributed by atoms with Gasteiger partial charge in [0.2, 0.25) is 0 Å². The van der Waals surface area contributed by atoms with E-state index in [4.69, 9.17) is 14.6 Å². The molecular formula is C9H10AsO3. The molecule has 0 spiro atoms. The second-order valence-corrected chi connectivity index (χ2v) is 5.33. The third kappa shape index (κ3) is 1.98. The summed E-state index contributed by atoms with van der Waals surface area (Å²) in [6.07, 6.45) is 0. The molecule has 0 saturated heterocycles. The number of aliphatic hydroxyl groups is 1. The van der Waals surface area contributed by atoms with Crippen molar-refractivity contribution in [2.45, 2.75) is 5.21 Å². The van der Waals surface area contributed by atoms with Gasteiger partial charge in [-0.3, -0.25) is 0 Å². The number of hydrogen-bond donors (Lipinski definition) is 1. The average molecular weight is 241 g/mol. The Bertz CT molecular complexity index is 301. The number of ether oxygens (including phenoxy) is 2. The Morgan fingerprint density at radius 1 is 1.31 bits per heavy atom. The van der Waals surface area contributed by atoms with Crippen LogP contribution in [-0.2, 0) is 0 Å². The Balaban J connectivity index is 2.12. The molecule has 0 aromatic heterocycles. The molecule has 0 aliphatic carbocycles. The summed E-state index contributed by atoms with van der Waals surface area (Å²) in [6, 6.07) is 5.99. The van der Waals surface area contributed by atoms with Crippen LogP contribution in [0.3, 0.4) is 0 Å². The number of aliphatic hydroxyl groups excluding tert-OH is 1. The molecule has 0 amide bonds. The van der Waals surface area contributed by atoms with Crippen molar-refractivity contribution in [1.82, 2.24) is 0 Å². The molecule has 13 heavy (non-hydrogen) atoms. The molecule has 0 saturated carbocycles. The van der Waals surface area contributed by atoms with Crippen LogP contribution in [0.25, 0.3) is 0 Å². The summed E-state index contributed by atoms with van der Waals surface area (Å²) < 4.78 is 11.7. The SMILES string of the molecule is OCC[As]c1ccc2c(c1)OCO2. The summed E-state index contributed by atoms with van der Waals surface area (Å²) in [7, 11) is 0. The van der Waals surface area contributed by atoms with Gasteiger partial charge < -0.3 is 0 Å². The van der Waals surface area contributed by atoms with Crippen LogP contribution < -0.4 is 13.8 Å². The number of fused-ring (bicyclic) bond motifs is 1. The van der Waals surface area contributed by atoms with Gasteiger partial charge in [0.25, 0.3) is 0 Å². The summed E-state index contributed by atoms with van der Waals surface area (Å²) in [5.74, 6) is 1.67. The molecule has 1 aromatic rings. The standard InChI is InChI=1S/C9H10AsO3/c11-4-3-10-7-1-2-8-9(5-7)13-6-12-8/h1-2,5,11H,3-4,6H2. The molecule has 69 valence electrons. The van der Waals surface area contributed by atoms with Crippen LogP contribution in [0, 0.1) is 0 Å². The first-order valence-electron chi connectivity index (χ1n) is 4.08. The zero-order valence-electron chi connectivity index (χ0n) is 7.06. The van der Waals surface area contributed by atoms with Gasteiger partial charge in [-0.25, -0.2) is 0 Å². The summed E-state index contributed by atoms with van der Waals surface area (Å²) in [5.41, 5.74) is 0. The van der Waals surface area contributed by atoms with E-state index >= 15 is 0 Å². The van der Waals surface area contributed by atoms with Gasteiger partial charge in [-0.2, -0.15) is 0 Å². The molecule has 0 unspecified atom stereocenters. The summed E-state index contributed by atoms with van der Waals surface area (Å²) in [6.45, 7) is 0.601. The molecule has 0 atom stereocenters. The van der Waals surface area contributed by atoms with Crippen LogP contribution in [-0.4, -0.2) is 34.3 Å². The third-order valence-electron chi connectivity index (χ3n) is 1.75. The Kier molecular flexibility index (Phi) is 2.76. The topological polar surface area (TPSA) is 38.7 Å². The summed E-state index contributed by atoms with van der Waals surface area (Å²) >= 11 is 0.0734. The van der Waals surface area contributed by atoms with E-state index in [1.54, 1.807) is 0 Å². The number of hydrogen-bond acceptors (Lipinski definition) is 3. The van der Waals surface area contributed by atoms with Crippen molar-refractivity contribution in [2.24, 2.45) is 0 Å². The second kappa shape index (κ2) is 4.03. The Labute approximate surface area is 83.4 Å². The van der Waals surface area contributed by atoms with Crippen LogP contribution in [0.5, 0.6) is 11.5 Å². The van der Waals surface area contributed by atoms with Gasteiger partial charge in [0.05, 0.1) is 0 Å². The fourth-order valence-electron chi connectivity index (χ4n) is 1.16. The van der Waals surface area contributed by atoms with E-state index in [2.05, 4.69) is 0 Å². The summed E-state index contributed by atoms with van der Waals surface area (Å²) in [4.78, 5) is 0. The molecule has 0 bridgehead atoms. The van der Waals surface area contributed by atoms with E-state index in [0.29, 0.717) is 6.79 Å². The Hall–Kier alpha value is -0.662. The Morgan fingerprint density at radius 2 is 2.15 bits per heavy atom. The van der Waals surface area contributed by atoms with Crippen molar-refractivity contribution in [1.29, 1.82) is 0 Å². The van der Waals surface area contributed by atoms with Crippen LogP contribution in [0.2, 0.25) is 5.21 Å². The number of benzene rings is 1. The monoisotopic (exact) mass is 241 g/mol. The third-order valence-corrected chi connectivity index (χ3v) is 3.99. The molecule has 1 radical (unpaired) electrons. The van der Waals surface area contributed by atoms with Crippen molar-refractivity contribution in [2.75, 3.05) is 13.4 Å². The fraction of sp³-hybridized carbons (Fsp3) is 0.333. The molecule has 0 fully saturated rings. The van der Waals surface area contributed by atoms with Gasteiger partial charge in [0, 0.05) is 0 Å². The van der Waals surface area contributed by atoms with Crippen molar-refractivity contribution >= 4 is 20.1 Å². The van der Waals surface area contributed by atoms with Crippen LogP contribution in [0.1, 0.15) is 0 Å². The zero-order chi connectivity index (χ0) is 9.10. The molecule has 2 rings (SSSR count). The maximum atomic E-state index is 8.69. The predicted molar refractivity (Wildman–Crippen MR) is 49.8 cm³/mol. The van der Waals surface area contributed by atoms with Gasteiger partial charge in [-0.15, -0.1) is 0 Å². The second-order valence-electron chi connectivity index (χ2n) is 2.64. The summed E-state index contributed by atoms with van der Waals surface area (Å²) in [5, 5.41) is 9.57. The minimum atomic E-state index is 0.0734. The van der Waals surface area contributed by atoms with Gasteiger partial charge in [-0.05, 0) is 0 Å². The van der Waals surface area contributed by atoms with Gasteiger partial charge >= 0.3 is 83.0 Å². The normalized spacial score (nSPS) is 14.2. The molecule has 1 aliphatic rings. The minimum absolute atomic E-state index is 0.0734. The van der Waals surface area contributed by atoms with Crippen LogP contribution in [0.4, 0.5) is 0 Å². The van der Waals surface area contributed by atoms with Crippen molar-refractivity contribution in [3.8, 4) is 11.5 Å². The van der Waals surface area contributed by atoms with Crippen LogP contribution >= 0.6 is 0 Å². The quantitative estimate of drug-likeness (QED) is 0.766. The molecule has 1 aliphatic heterocycles. The Morgan fingerprint density at radius 3 is 3.00 bits per heavy atom. The van der Waals surface area contributed by atoms with Gasteiger partial charge in [-0.1, -0.05) is 0 Å².